The summed E-state index contributed by atoms with van der Waals surface area (Å²) in [6, 6.07) is 0. The minimum atomic E-state index is -0.794. The molecule has 0 aliphatic heterocycles. The van der Waals surface area contributed by atoms with Gasteiger partial charge in [-0.15, -0.1) is 0 Å². The van der Waals surface area contributed by atoms with E-state index in [9.17, 15) is 9.90 Å². The molecule has 1 aliphatic rings. The van der Waals surface area contributed by atoms with Crippen molar-refractivity contribution in [2.24, 2.45) is 5.92 Å². The number of carbonyl (C=O) groups is 1. The van der Waals surface area contributed by atoms with E-state index in [2.05, 4.69) is 32.6 Å². The standard InChI is InChI=1S/C18H28O4/c1-4-17(19)21-12-13-22-18(20)16-10-8-15(9-11-16)7-5-6-14(2)3/h4,6,8,16,18,20H,1,5,7,9-13H2,2-3H3. The molecule has 1 aliphatic carbocycles. The molecule has 4 heteroatoms. The predicted octanol–water partition coefficient (Wildman–Crippen LogP) is 3.52. The third kappa shape index (κ3) is 7.57. The van der Waals surface area contributed by atoms with Crippen molar-refractivity contribution in [3.8, 4) is 0 Å². The summed E-state index contributed by atoms with van der Waals surface area (Å²) < 4.78 is 10.1. The first-order valence-corrected chi connectivity index (χ1v) is 7.93. The molecule has 0 heterocycles. The van der Waals surface area contributed by atoms with Gasteiger partial charge in [-0.25, -0.2) is 4.79 Å². The van der Waals surface area contributed by atoms with Crippen LogP contribution in [0.15, 0.2) is 36.0 Å². The number of carbonyl (C=O) groups excluding carboxylic acids is 1. The molecular weight excluding hydrogens is 280 g/mol. The summed E-state index contributed by atoms with van der Waals surface area (Å²) >= 11 is 0. The Morgan fingerprint density at radius 1 is 1.50 bits per heavy atom. The first-order chi connectivity index (χ1) is 10.5. The van der Waals surface area contributed by atoms with E-state index in [1.165, 1.54) is 11.1 Å². The molecule has 0 bridgehead atoms. The van der Waals surface area contributed by atoms with E-state index < -0.39 is 12.3 Å². The zero-order valence-electron chi connectivity index (χ0n) is 13.7. The highest BCUT2D eigenvalue weighted by Crippen LogP contribution is 2.29. The Hall–Kier alpha value is -1.39. The lowest BCUT2D eigenvalue weighted by molar-refractivity contribution is -0.156. The Morgan fingerprint density at radius 2 is 2.27 bits per heavy atom. The van der Waals surface area contributed by atoms with E-state index in [1.807, 2.05) is 0 Å². The molecule has 0 saturated carbocycles. The van der Waals surface area contributed by atoms with Crippen molar-refractivity contribution in [2.45, 2.75) is 52.2 Å². The summed E-state index contributed by atoms with van der Waals surface area (Å²) in [6.07, 6.45) is 9.81. The lowest BCUT2D eigenvalue weighted by Crippen LogP contribution is -2.27. The van der Waals surface area contributed by atoms with E-state index in [1.54, 1.807) is 0 Å². The van der Waals surface area contributed by atoms with Gasteiger partial charge in [0.15, 0.2) is 6.29 Å². The fraction of sp³-hybridized carbons (Fsp3) is 0.611. The van der Waals surface area contributed by atoms with Crippen molar-refractivity contribution >= 4 is 5.97 Å². The number of aliphatic hydroxyl groups is 1. The normalized spacial score (nSPS) is 19.0. The summed E-state index contributed by atoms with van der Waals surface area (Å²) in [7, 11) is 0. The van der Waals surface area contributed by atoms with Crippen LogP contribution in [0, 0.1) is 5.92 Å². The van der Waals surface area contributed by atoms with Crippen molar-refractivity contribution in [3.63, 3.8) is 0 Å². The minimum Gasteiger partial charge on any atom is -0.460 e. The number of aliphatic hydroxyl groups excluding tert-OH is 1. The lowest BCUT2D eigenvalue weighted by Gasteiger charge is -2.26. The molecule has 0 amide bonds. The highest BCUT2D eigenvalue weighted by molar-refractivity contribution is 5.81. The van der Waals surface area contributed by atoms with Gasteiger partial charge in [-0.05, 0) is 46.0 Å². The third-order valence-electron chi connectivity index (χ3n) is 3.75. The predicted molar refractivity (Wildman–Crippen MR) is 87.2 cm³/mol. The largest absolute Gasteiger partial charge is 0.460 e. The molecule has 0 aromatic carbocycles. The van der Waals surface area contributed by atoms with Crippen LogP contribution in [0.25, 0.3) is 0 Å². The van der Waals surface area contributed by atoms with Crippen LogP contribution in [0.4, 0.5) is 0 Å². The number of esters is 1. The van der Waals surface area contributed by atoms with Crippen molar-refractivity contribution < 1.29 is 19.4 Å². The quantitative estimate of drug-likeness (QED) is 0.233. The molecule has 0 aromatic rings. The number of ether oxygens (including phenoxy) is 2. The van der Waals surface area contributed by atoms with E-state index in [-0.39, 0.29) is 19.1 Å². The maximum absolute atomic E-state index is 10.9. The molecule has 4 nitrogen and oxygen atoms in total. The first-order valence-electron chi connectivity index (χ1n) is 7.93. The Bertz CT molecular complexity index is 419. The molecule has 22 heavy (non-hydrogen) atoms. The summed E-state index contributed by atoms with van der Waals surface area (Å²) in [5, 5.41) is 10.0. The molecular formula is C18H28O4. The third-order valence-corrected chi connectivity index (χ3v) is 3.75. The second kappa shape index (κ2) is 10.4. The monoisotopic (exact) mass is 308 g/mol. The maximum Gasteiger partial charge on any atom is 0.330 e. The Labute approximate surface area is 133 Å². The highest BCUT2D eigenvalue weighted by atomic mass is 16.6. The van der Waals surface area contributed by atoms with Crippen LogP contribution in [0.1, 0.15) is 46.0 Å². The van der Waals surface area contributed by atoms with Crippen LogP contribution in [0.3, 0.4) is 0 Å². The number of hydrogen-bond donors (Lipinski definition) is 1. The van der Waals surface area contributed by atoms with Gasteiger partial charge in [0.2, 0.25) is 0 Å². The van der Waals surface area contributed by atoms with Gasteiger partial charge in [0.05, 0.1) is 6.61 Å². The van der Waals surface area contributed by atoms with Crippen LogP contribution in [0.5, 0.6) is 0 Å². The second-order valence-corrected chi connectivity index (χ2v) is 5.85. The average molecular weight is 308 g/mol. The first kappa shape index (κ1) is 18.7. The Morgan fingerprint density at radius 3 is 2.86 bits per heavy atom. The molecule has 1 N–H and O–H groups in total. The van der Waals surface area contributed by atoms with Gasteiger partial charge < -0.3 is 14.6 Å². The topological polar surface area (TPSA) is 55.8 Å². The molecule has 0 radical (unpaired) electrons. The van der Waals surface area contributed by atoms with Crippen molar-refractivity contribution in [1.29, 1.82) is 0 Å². The summed E-state index contributed by atoms with van der Waals surface area (Å²) in [5.74, 6) is -0.345. The molecule has 0 aromatic heterocycles. The zero-order chi connectivity index (χ0) is 16.4. The van der Waals surface area contributed by atoms with Crippen molar-refractivity contribution in [1.82, 2.24) is 0 Å². The number of hydrogen-bond acceptors (Lipinski definition) is 4. The van der Waals surface area contributed by atoms with Gasteiger partial charge in [0.1, 0.15) is 6.61 Å². The molecule has 2 unspecified atom stereocenters. The fourth-order valence-corrected chi connectivity index (χ4v) is 2.45. The molecule has 0 spiro atoms. The molecule has 0 fully saturated rings. The molecule has 0 saturated heterocycles. The maximum atomic E-state index is 10.9. The van der Waals surface area contributed by atoms with Crippen LogP contribution >= 0.6 is 0 Å². The van der Waals surface area contributed by atoms with Gasteiger partial charge in [0, 0.05) is 12.0 Å². The van der Waals surface area contributed by atoms with E-state index in [0.29, 0.717) is 0 Å². The van der Waals surface area contributed by atoms with E-state index in [0.717, 1.165) is 38.2 Å². The van der Waals surface area contributed by atoms with Gasteiger partial charge in [-0.3, -0.25) is 0 Å². The molecule has 1 rings (SSSR count). The SMILES string of the molecule is C=CC(=O)OCCOC(O)C1CC=C(CCC=C(C)C)CC1. The summed E-state index contributed by atoms with van der Waals surface area (Å²) in [4.78, 5) is 10.9. The van der Waals surface area contributed by atoms with Crippen LogP contribution < -0.4 is 0 Å². The number of allylic oxidation sites excluding steroid dienone is 4. The Balaban J connectivity index is 2.22. The van der Waals surface area contributed by atoms with Crippen LogP contribution in [-0.2, 0) is 14.3 Å². The van der Waals surface area contributed by atoms with Gasteiger partial charge in [-0.1, -0.05) is 29.9 Å². The number of rotatable bonds is 9. The lowest BCUT2D eigenvalue weighted by atomic mass is 9.87. The summed E-state index contributed by atoms with van der Waals surface area (Å²) in [6.45, 7) is 7.88. The summed E-state index contributed by atoms with van der Waals surface area (Å²) in [5.41, 5.74) is 2.83. The van der Waals surface area contributed by atoms with Gasteiger partial charge >= 0.3 is 5.97 Å². The molecule has 2 atom stereocenters. The van der Waals surface area contributed by atoms with Gasteiger partial charge in [-0.2, -0.15) is 0 Å². The minimum absolute atomic E-state index is 0.127. The van der Waals surface area contributed by atoms with E-state index in [4.69, 9.17) is 9.47 Å². The zero-order valence-corrected chi connectivity index (χ0v) is 13.7. The van der Waals surface area contributed by atoms with Gasteiger partial charge in [0.25, 0.3) is 0 Å². The van der Waals surface area contributed by atoms with Crippen LogP contribution in [-0.4, -0.2) is 30.6 Å². The van der Waals surface area contributed by atoms with Crippen LogP contribution in [0.2, 0.25) is 0 Å². The van der Waals surface area contributed by atoms with Crippen molar-refractivity contribution in [2.75, 3.05) is 13.2 Å². The fourth-order valence-electron chi connectivity index (χ4n) is 2.45. The van der Waals surface area contributed by atoms with E-state index >= 15 is 0 Å². The second-order valence-electron chi connectivity index (χ2n) is 5.85. The Kier molecular flexibility index (Phi) is 8.78. The highest BCUT2D eigenvalue weighted by Gasteiger charge is 2.22. The molecule has 124 valence electrons. The average Bonchev–Trinajstić information content (AvgIpc) is 2.51. The smallest absolute Gasteiger partial charge is 0.330 e. The van der Waals surface area contributed by atoms with Crippen molar-refractivity contribution in [3.05, 3.63) is 36.0 Å².